The first-order valence-corrected chi connectivity index (χ1v) is 4.56. The Balaban J connectivity index is 2.43. The van der Waals surface area contributed by atoms with Crippen LogP contribution in [-0.4, -0.2) is 15.7 Å². The summed E-state index contributed by atoms with van der Waals surface area (Å²) in [5.74, 6) is 1.48. The van der Waals surface area contributed by atoms with Crippen LogP contribution in [0.3, 0.4) is 0 Å². The van der Waals surface area contributed by atoms with Gasteiger partial charge in [0.05, 0.1) is 12.0 Å². The maximum Gasteiger partial charge on any atom is 0.0665 e. The van der Waals surface area contributed by atoms with Gasteiger partial charge in [0.25, 0.3) is 0 Å². The van der Waals surface area contributed by atoms with E-state index in [9.17, 15) is 4.21 Å². The lowest BCUT2D eigenvalue weighted by Gasteiger charge is -2.13. The molecule has 0 radical (unpaired) electrons. The minimum absolute atomic E-state index is 0.0691. The minimum atomic E-state index is -0.693. The topological polar surface area (TPSA) is 40.9 Å². The molecule has 0 spiro atoms. The predicted molar refractivity (Wildman–Crippen MR) is 36.2 cm³/mol. The van der Waals surface area contributed by atoms with Crippen LogP contribution in [0.4, 0.5) is 0 Å². The largest absolute Gasteiger partial charge is 0.260 e. The van der Waals surface area contributed by atoms with E-state index in [1.807, 2.05) is 0 Å². The molecule has 0 aromatic carbocycles. The van der Waals surface area contributed by atoms with Crippen molar-refractivity contribution in [2.45, 2.75) is 12.8 Å². The Morgan fingerprint density at radius 2 is 2.44 bits per heavy atom. The van der Waals surface area contributed by atoms with Gasteiger partial charge in [0.15, 0.2) is 0 Å². The summed E-state index contributed by atoms with van der Waals surface area (Å²) >= 11 is 0. The van der Waals surface area contributed by atoms with Gasteiger partial charge in [-0.2, -0.15) is 5.26 Å². The lowest BCUT2D eigenvalue weighted by atomic mass is 10.1. The van der Waals surface area contributed by atoms with Crippen LogP contribution in [0.25, 0.3) is 0 Å². The van der Waals surface area contributed by atoms with Crippen molar-refractivity contribution in [2.75, 3.05) is 11.5 Å². The Morgan fingerprint density at radius 3 is 2.89 bits per heavy atom. The van der Waals surface area contributed by atoms with Gasteiger partial charge in [-0.3, -0.25) is 4.21 Å². The lowest BCUT2D eigenvalue weighted by Crippen LogP contribution is -2.18. The molecule has 2 atom stereocenters. The Hall–Kier alpha value is -0.360. The Kier molecular flexibility index (Phi) is 2.23. The summed E-state index contributed by atoms with van der Waals surface area (Å²) in [4.78, 5) is 0. The Morgan fingerprint density at radius 1 is 1.67 bits per heavy atom. The number of rotatable bonds is 0. The fourth-order valence-corrected chi connectivity index (χ4v) is 2.33. The van der Waals surface area contributed by atoms with E-state index in [1.54, 1.807) is 0 Å². The second kappa shape index (κ2) is 2.98. The zero-order chi connectivity index (χ0) is 6.69. The molecule has 9 heavy (non-hydrogen) atoms. The highest BCUT2D eigenvalue weighted by atomic mass is 32.2. The summed E-state index contributed by atoms with van der Waals surface area (Å²) in [6, 6.07) is 2.14. The minimum Gasteiger partial charge on any atom is -0.260 e. The highest BCUT2D eigenvalue weighted by Crippen LogP contribution is 2.13. The molecule has 1 aliphatic rings. The van der Waals surface area contributed by atoms with E-state index in [4.69, 9.17) is 5.26 Å². The first kappa shape index (κ1) is 6.76. The summed E-state index contributed by atoms with van der Waals surface area (Å²) in [6.45, 7) is 0. The molecule has 3 heteroatoms. The summed E-state index contributed by atoms with van der Waals surface area (Å²) in [6.07, 6.45) is 1.91. The van der Waals surface area contributed by atoms with E-state index >= 15 is 0 Å². The number of hydrogen-bond donors (Lipinski definition) is 0. The van der Waals surface area contributed by atoms with Crippen molar-refractivity contribution in [3.63, 3.8) is 0 Å². The van der Waals surface area contributed by atoms with E-state index in [0.29, 0.717) is 5.75 Å². The molecule has 0 bridgehead atoms. The fourth-order valence-electron chi connectivity index (χ4n) is 0.984. The molecule has 0 aromatic rings. The van der Waals surface area contributed by atoms with Crippen LogP contribution in [-0.2, 0) is 10.8 Å². The zero-order valence-electron chi connectivity index (χ0n) is 5.17. The quantitative estimate of drug-likeness (QED) is 0.500. The Bertz CT molecular complexity index is 161. The van der Waals surface area contributed by atoms with Crippen LogP contribution < -0.4 is 0 Å². The van der Waals surface area contributed by atoms with Gasteiger partial charge in [-0.05, 0) is 12.8 Å². The fraction of sp³-hybridized carbons (Fsp3) is 0.833. The summed E-state index contributed by atoms with van der Waals surface area (Å²) < 4.78 is 10.8. The molecule has 1 aliphatic heterocycles. The molecule has 0 aromatic heterocycles. The number of nitrogens with zero attached hydrogens (tertiary/aromatic N) is 1. The van der Waals surface area contributed by atoms with Crippen LogP contribution in [0.5, 0.6) is 0 Å². The molecule has 1 unspecified atom stereocenters. The maximum atomic E-state index is 10.8. The molecular formula is C6H9NOS. The van der Waals surface area contributed by atoms with E-state index < -0.39 is 10.8 Å². The van der Waals surface area contributed by atoms with Gasteiger partial charge in [-0.25, -0.2) is 0 Å². The van der Waals surface area contributed by atoms with Gasteiger partial charge < -0.3 is 0 Å². The van der Waals surface area contributed by atoms with Gasteiger partial charge in [0.2, 0.25) is 0 Å². The third kappa shape index (κ3) is 1.79. The van der Waals surface area contributed by atoms with Gasteiger partial charge in [0, 0.05) is 22.3 Å². The van der Waals surface area contributed by atoms with Crippen molar-refractivity contribution in [2.24, 2.45) is 5.92 Å². The zero-order valence-corrected chi connectivity index (χ0v) is 5.99. The van der Waals surface area contributed by atoms with Gasteiger partial charge in [-0.1, -0.05) is 0 Å². The van der Waals surface area contributed by atoms with E-state index in [-0.39, 0.29) is 5.92 Å². The molecule has 1 heterocycles. The molecule has 0 saturated carbocycles. The molecule has 50 valence electrons. The average molecular weight is 143 g/mol. The van der Waals surface area contributed by atoms with Crippen molar-refractivity contribution in [3.8, 4) is 6.07 Å². The standard InChI is InChI=1S/C6H9NOS/c7-4-6-2-1-3-9(8)5-6/h6H,1-3,5H2/t6-,9?/m1/s1. The molecule has 1 fully saturated rings. The molecule has 0 aliphatic carbocycles. The Labute approximate surface area is 57.3 Å². The molecule has 2 nitrogen and oxygen atoms in total. The molecular weight excluding hydrogens is 134 g/mol. The molecule has 0 N–H and O–H groups in total. The van der Waals surface area contributed by atoms with Crippen molar-refractivity contribution in [1.82, 2.24) is 0 Å². The monoisotopic (exact) mass is 143 g/mol. The van der Waals surface area contributed by atoms with E-state index in [2.05, 4.69) is 6.07 Å². The second-order valence-corrected chi connectivity index (χ2v) is 3.90. The molecule has 0 amide bonds. The van der Waals surface area contributed by atoms with Crippen molar-refractivity contribution >= 4 is 10.8 Å². The van der Waals surface area contributed by atoms with Gasteiger partial charge in [-0.15, -0.1) is 0 Å². The van der Waals surface area contributed by atoms with Crippen LogP contribution in [0.2, 0.25) is 0 Å². The van der Waals surface area contributed by atoms with Crippen LogP contribution in [0, 0.1) is 17.2 Å². The van der Waals surface area contributed by atoms with Crippen molar-refractivity contribution < 1.29 is 4.21 Å². The first-order valence-electron chi connectivity index (χ1n) is 3.07. The smallest absolute Gasteiger partial charge is 0.0665 e. The van der Waals surface area contributed by atoms with Crippen molar-refractivity contribution in [1.29, 1.82) is 5.26 Å². The second-order valence-electron chi connectivity index (χ2n) is 2.28. The molecule has 1 rings (SSSR count). The predicted octanol–water partition coefficient (Wildman–Crippen LogP) is 0.669. The summed E-state index contributed by atoms with van der Waals surface area (Å²) in [5.41, 5.74) is 0. The maximum absolute atomic E-state index is 10.8. The van der Waals surface area contributed by atoms with Crippen LogP contribution in [0.1, 0.15) is 12.8 Å². The van der Waals surface area contributed by atoms with Crippen LogP contribution in [0.15, 0.2) is 0 Å². The highest BCUT2D eigenvalue weighted by molar-refractivity contribution is 7.85. The van der Waals surface area contributed by atoms with Gasteiger partial charge in [0.1, 0.15) is 0 Å². The average Bonchev–Trinajstić information content (AvgIpc) is 1.88. The highest BCUT2D eigenvalue weighted by Gasteiger charge is 2.16. The first-order chi connectivity index (χ1) is 4.33. The van der Waals surface area contributed by atoms with Crippen LogP contribution >= 0.6 is 0 Å². The summed E-state index contributed by atoms with van der Waals surface area (Å²) in [5, 5.41) is 8.42. The van der Waals surface area contributed by atoms with Gasteiger partial charge >= 0.3 is 0 Å². The number of hydrogen-bond acceptors (Lipinski definition) is 2. The SMILES string of the molecule is N#C[C@H]1CCCS(=O)C1. The third-order valence-electron chi connectivity index (χ3n) is 1.49. The van der Waals surface area contributed by atoms with E-state index in [1.165, 1.54) is 0 Å². The number of nitriles is 1. The molecule has 1 saturated heterocycles. The normalized spacial score (nSPS) is 35.4. The van der Waals surface area contributed by atoms with Crippen molar-refractivity contribution in [3.05, 3.63) is 0 Å². The van der Waals surface area contributed by atoms with E-state index in [0.717, 1.165) is 18.6 Å². The third-order valence-corrected chi connectivity index (χ3v) is 3.01. The summed E-state index contributed by atoms with van der Waals surface area (Å²) in [7, 11) is -0.693. The lowest BCUT2D eigenvalue weighted by molar-refractivity contribution is 0.604.